The molecular formula is C42H70O7. The van der Waals surface area contributed by atoms with Crippen molar-refractivity contribution in [1.82, 2.24) is 0 Å². The Morgan fingerprint density at radius 3 is 1.61 bits per heavy atom. The fourth-order valence-corrected chi connectivity index (χ4v) is 4.94. The Balaban J connectivity index is 3.74. The summed E-state index contributed by atoms with van der Waals surface area (Å²) in [6.45, 7) is 3.94. The molecule has 0 heterocycles. The summed E-state index contributed by atoms with van der Waals surface area (Å²) in [5.74, 6) is -0.745. The molecule has 0 aliphatic carbocycles. The van der Waals surface area contributed by atoms with Crippen LogP contribution in [0.15, 0.2) is 72.9 Å². The summed E-state index contributed by atoms with van der Waals surface area (Å²) < 4.78 is 10.2. The molecule has 7 nitrogen and oxygen atoms in total. The quantitative estimate of drug-likeness (QED) is 0.0273. The molecule has 0 saturated heterocycles. The smallest absolute Gasteiger partial charge is 0.305 e. The van der Waals surface area contributed by atoms with Gasteiger partial charge in [-0.1, -0.05) is 170 Å². The SMILES string of the molecule is CC/C=C\C[C@@H](O)/C=C/C=C\C/C=C\C=C\[C@@H](O)/C=C\CCCC(=O)OC[C@H](O)COC(=O)CCCCCCCCCCCCCCCC. The number of carbonyl (C=O) groups is 2. The molecule has 0 amide bonds. The van der Waals surface area contributed by atoms with Crippen molar-refractivity contribution in [1.29, 1.82) is 0 Å². The van der Waals surface area contributed by atoms with Crippen LogP contribution in [0.3, 0.4) is 0 Å². The van der Waals surface area contributed by atoms with Gasteiger partial charge in [0, 0.05) is 12.8 Å². The third-order valence-corrected chi connectivity index (χ3v) is 7.88. The van der Waals surface area contributed by atoms with Crippen molar-refractivity contribution in [2.24, 2.45) is 0 Å². The number of hydrogen-bond acceptors (Lipinski definition) is 7. The number of ether oxygens (including phenoxy) is 2. The maximum atomic E-state index is 12.0. The normalized spacial score (nSPS) is 14.3. The van der Waals surface area contributed by atoms with Crippen LogP contribution in [0.4, 0.5) is 0 Å². The number of aliphatic hydroxyl groups is 3. The van der Waals surface area contributed by atoms with Crippen molar-refractivity contribution < 1.29 is 34.4 Å². The maximum absolute atomic E-state index is 12.0. The predicted molar refractivity (Wildman–Crippen MR) is 203 cm³/mol. The zero-order valence-corrected chi connectivity index (χ0v) is 30.9. The van der Waals surface area contributed by atoms with Crippen LogP contribution < -0.4 is 0 Å². The van der Waals surface area contributed by atoms with Crippen LogP contribution in [0.25, 0.3) is 0 Å². The van der Waals surface area contributed by atoms with Crippen LogP contribution in [-0.4, -0.2) is 58.8 Å². The summed E-state index contributed by atoms with van der Waals surface area (Å²) in [4.78, 5) is 23.9. The van der Waals surface area contributed by atoms with E-state index in [0.29, 0.717) is 25.7 Å². The standard InChI is InChI=1S/C42H70O7/c1-3-5-7-8-9-10-11-12-13-14-15-19-22-28-34-41(46)48-36-40(45)37-49-42(47)35-29-23-27-33-39(44)32-26-21-18-16-17-20-25-31-38(43)30-24-6-4-2/h6,17-18,20-21,24-27,31-33,38-40,43-45H,3-5,7-16,19,22-23,28-30,34-37H2,1-2H3/b20-17-,21-18-,24-6-,31-25+,32-26+,33-27-/t38-,39-,40-/m1/s1. The minimum absolute atomic E-state index is 0.176. The average Bonchev–Trinajstić information content (AvgIpc) is 3.09. The molecule has 3 atom stereocenters. The lowest BCUT2D eigenvalue weighted by Gasteiger charge is -2.12. The minimum atomic E-state index is -1.04. The van der Waals surface area contributed by atoms with Crippen molar-refractivity contribution in [3.8, 4) is 0 Å². The van der Waals surface area contributed by atoms with Gasteiger partial charge in [0.15, 0.2) is 0 Å². The van der Waals surface area contributed by atoms with E-state index in [2.05, 4.69) is 13.8 Å². The van der Waals surface area contributed by atoms with Gasteiger partial charge in [-0.15, -0.1) is 0 Å². The Bertz CT molecular complexity index is 947. The van der Waals surface area contributed by atoms with Gasteiger partial charge < -0.3 is 24.8 Å². The average molecular weight is 687 g/mol. The largest absolute Gasteiger partial charge is 0.463 e. The molecule has 280 valence electrons. The lowest BCUT2D eigenvalue weighted by molar-refractivity contribution is -0.152. The van der Waals surface area contributed by atoms with Crippen molar-refractivity contribution in [3.05, 3.63) is 72.9 Å². The van der Waals surface area contributed by atoms with Gasteiger partial charge in [0.2, 0.25) is 0 Å². The highest BCUT2D eigenvalue weighted by molar-refractivity contribution is 5.69. The van der Waals surface area contributed by atoms with Gasteiger partial charge >= 0.3 is 11.9 Å². The van der Waals surface area contributed by atoms with Crippen LogP contribution >= 0.6 is 0 Å². The summed E-state index contributed by atoms with van der Waals surface area (Å²) in [5.41, 5.74) is 0. The predicted octanol–water partition coefficient (Wildman–Crippen LogP) is 9.72. The van der Waals surface area contributed by atoms with E-state index in [0.717, 1.165) is 32.1 Å². The van der Waals surface area contributed by atoms with Gasteiger partial charge in [-0.25, -0.2) is 0 Å². The van der Waals surface area contributed by atoms with Crippen molar-refractivity contribution >= 4 is 11.9 Å². The minimum Gasteiger partial charge on any atom is -0.463 e. The summed E-state index contributed by atoms with van der Waals surface area (Å²) in [5, 5.41) is 29.8. The lowest BCUT2D eigenvalue weighted by Crippen LogP contribution is -2.25. The zero-order valence-electron chi connectivity index (χ0n) is 30.9. The van der Waals surface area contributed by atoms with Gasteiger partial charge in [-0.3, -0.25) is 9.59 Å². The van der Waals surface area contributed by atoms with Gasteiger partial charge in [0.05, 0.1) is 12.2 Å². The van der Waals surface area contributed by atoms with Gasteiger partial charge in [0.1, 0.15) is 19.3 Å². The van der Waals surface area contributed by atoms with E-state index < -0.39 is 24.3 Å². The van der Waals surface area contributed by atoms with E-state index in [1.54, 1.807) is 24.3 Å². The Labute approximate surface area is 298 Å². The number of rotatable bonds is 33. The Morgan fingerprint density at radius 1 is 0.551 bits per heavy atom. The second-order valence-electron chi connectivity index (χ2n) is 12.7. The molecule has 0 aromatic rings. The van der Waals surface area contributed by atoms with Crippen LogP contribution in [-0.2, 0) is 19.1 Å². The van der Waals surface area contributed by atoms with Crippen molar-refractivity contribution in [2.45, 2.75) is 167 Å². The molecular weight excluding hydrogens is 616 g/mol. The van der Waals surface area contributed by atoms with E-state index in [9.17, 15) is 24.9 Å². The first-order valence-corrected chi connectivity index (χ1v) is 19.2. The third kappa shape index (κ3) is 36.4. The Hall–Kier alpha value is -2.74. The molecule has 0 radical (unpaired) electrons. The lowest BCUT2D eigenvalue weighted by atomic mass is 10.0. The van der Waals surface area contributed by atoms with E-state index in [-0.39, 0.29) is 25.6 Å². The van der Waals surface area contributed by atoms with Gasteiger partial charge in [-0.05, 0) is 38.5 Å². The molecule has 0 aliphatic heterocycles. The first-order chi connectivity index (χ1) is 23.9. The molecule has 0 aliphatic rings. The van der Waals surface area contributed by atoms with E-state index in [4.69, 9.17) is 9.47 Å². The maximum Gasteiger partial charge on any atom is 0.305 e. The first-order valence-electron chi connectivity index (χ1n) is 19.2. The summed E-state index contributed by atoms with van der Waals surface area (Å²) in [6.07, 6.45) is 41.7. The van der Waals surface area contributed by atoms with Crippen LogP contribution in [0.2, 0.25) is 0 Å². The molecule has 0 fully saturated rings. The number of allylic oxidation sites excluding steroid dienone is 8. The summed E-state index contributed by atoms with van der Waals surface area (Å²) >= 11 is 0. The molecule has 0 bridgehead atoms. The molecule has 0 aromatic heterocycles. The topological polar surface area (TPSA) is 113 Å². The molecule has 49 heavy (non-hydrogen) atoms. The highest BCUT2D eigenvalue weighted by Gasteiger charge is 2.12. The van der Waals surface area contributed by atoms with E-state index >= 15 is 0 Å². The first kappa shape index (κ1) is 46.3. The van der Waals surface area contributed by atoms with Crippen molar-refractivity contribution in [2.75, 3.05) is 13.2 Å². The highest BCUT2D eigenvalue weighted by atomic mass is 16.6. The zero-order chi connectivity index (χ0) is 36.0. The van der Waals surface area contributed by atoms with Crippen LogP contribution in [0.1, 0.15) is 149 Å². The van der Waals surface area contributed by atoms with Gasteiger partial charge in [0.25, 0.3) is 0 Å². The molecule has 0 saturated carbocycles. The number of esters is 2. The Kier molecular flexibility index (Phi) is 34.5. The number of carbonyl (C=O) groups excluding carboxylic acids is 2. The molecule has 0 rings (SSSR count). The third-order valence-electron chi connectivity index (χ3n) is 7.88. The molecule has 7 heteroatoms. The second kappa shape index (κ2) is 36.5. The monoisotopic (exact) mass is 687 g/mol. The number of unbranched alkanes of at least 4 members (excludes halogenated alkanes) is 14. The number of aliphatic hydroxyl groups excluding tert-OH is 3. The molecule has 0 aromatic carbocycles. The summed E-state index contributed by atoms with van der Waals surface area (Å²) in [6, 6.07) is 0. The Morgan fingerprint density at radius 2 is 1.06 bits per heavy atom. The fraction of sp³-hybridized carbons (Fsp3) is 0.667. The van der Waals surface area contributed by atoms with Crippen molar-refractivity contribution in [3.63, 3.8) is 0 Å². The van der Waals surface area contributed by atoms with Crippen LogP contribution in [0, 0.1) is 0 Å². The van der Waals surface area contributed by atoms with Gasteiger partial charge in [-0.2, -0.15) is 0 Å². The molecule has 3 N–H and O–H groups in total. The van der Waals surface area contributed by atoms with E-state index in [1.165, 1.54) is 70.6 Å². The number of hydrogen-bond donors (Lipinski definition) is 3. The van der Waals surface area contributed by atoms with Crippen LogP contribution in [0.5, 0.6) is 0 Å². The summed E-state index contributed by atoms with van der Waals surface area (Å²) in [7, 11) is 0. The molecule has 0 spiro atoms. The molecule has 0 unspecified atom stereocenters. The highest BCUT2D eigenvalue weighted by Crippen LogP contribution is 2.13. The van der Waals surface area contributed by atoms with E-state index in [1.807, 2.05) is 48.6 Å². The fourth-order valence-electron chi connectivity index (χ4n) is 4.94. The second-order valence-corrected chi connectivity index (χ2v) is 12.7.